The molecule has 0 saturated heterocycles. The molecule has 0 spiro atoms. The van der Waals surface area contributed by atoms with Crippen LogP contribution in [0.1, 0.15) is 34.6 Å². The van der Waals surface area contributed by atoms with Gasteiger partial charge in [0.25, 0.3) is 10.0 Å². The van der Waals surface area contributed by atoms with Gasteiger partial charge in [0.1, 0.15) is 0 Å². The maximum absolute atomic E-state index is 12.7. The largest absolute Gasteiger partial charge is 0.326 e. The van der Waals surface area contributed by atoms with Gasteiger partial charge in [-0.05, 0) is 69.5 Å². The third kappa shape index (κ3) is 4.94. The van der Waals surface area contributed by atoms with Gasteiger partial charge in [0.2, 0.25) is 5.91 Å². The summed E-state index contributed by atoms with van der Waals surface area (Å²) in [4.78, 5) is 17.5. The summed E-state index contributed by atoms with van der Waals surface area (Å²) in [6.07, 6.45) is 0.777. The van der Waals surface area contributed by atoms with Crippen LogP contribution in [-0.2, 0) is 21.2 Å². The van der Waals surface area contributed by atoms with Crippen LogP contribution in [0, 0.1) is 27.7 Å². The number of hydrogen-bond acceptors (Lipinski definition) is 5. The Labute approximate surface area is 199 Å². The normalized spacial score (nSPS) is 11.5. The van der Waals surface area contributed by atoms with E-state index in [2.05, 4.69) is 20.1 Å². The topological polar surface area (TPSA) is 105 Å². The average Bonchev–Trinajstić information content (AvgIpc) is 3.16. The molecule has 176 valence electrons. The monoisotopic (exact) mass is 477 g/mol. The van der Waals surface area contributed by atoms with E-state index in [1.54, 1.807) is 47.8 Å². The van der Waals surface area contributed by atoms with Gasteiger partial charge in [0.05, 0.1) is 16.3 Å². The van der Waals surface area contributed by atoms with E-state index in [1.807, 2.05) is 26.8 Å². The molecule has 2 aromatic carbocycles. The van der Waals surface area contributed by atoms with Crippen molar-refractivity contribution in [2.45, 2.75) is 45.4 Å². The molecular formula is C25H27N5O3S. The number of rotatable bonds is 7. The molecule has 0 aliphatic carbocycles. The second-order valence-corrected chi connectivity index (χ2v) is 10.00. The van der Waals surface area contributed by atoms with E-state index in [4.69, 9.17) is 0 Å². The molecule has 0 aliphatic heterocycles. The Kier molecular flexibility index (Phi) is 6.39. The lowest BCUT2D eigenvalue weighted by Gasteiger charge is -2.14. The molecule has 1 amide bonds. The predicted octanol–water partition coefficient (Wildman–Crippen LogP) is 4.34. The summed E-state index contributed by atoms with van der Waals surface area (Å²) >= 11 is 0. The quantitative estimate of drug-likeness (QED) is 0.412. The van der Waals surface area contributed by atoms with Crippen molar-refractivity contribution in [2.75, 3.05) is 10.0 Å². The second kappa shape index (κ2) is 9.26. The standard InChI is InChI=1S/C25H27N5O3S/c1-16-10-11-20(15-23(16)29-34(32,33)21-8-6-5-7-9-21)27-25(31)13-12-22-18(3)26-24-14-17(2)28-30(24)19(22)4/h5-11,14-15,29H,12-13H2,1-4H3,(H,27,31). The van der Waals surface area contributed by atoms with Crippen LogP contribution in [0.3, 0.4) is 0 Å². The van der Waals surface area contributed by atoms with Gasteiger partial charge < -0.3 is 5.32 Å². The van der Waals surface area contributed by atoms with E-state index in [1.165, 1.54) is 12.1 Å². The summed E-state index contributed by atoms with van der Waals surface area (Å²) in [6, 6.07) is 15.2. The zero-order valence-electron chi connectivity index (χ0n) is 19.6. The molecule has 0 atom stereocenters. The summed E-state index contributed by atoms with van der Waals surface area (Å²) in [6.45, 7) is 7.65. The summed E-state index contributed by atoms with van der Waals surface area (Å²) < 4.78 is 29.8. The van der Waals surface area contributed by atoms with Crippen molar-refractivity contribution in [3.8, 4) is 0 Å². The van der Waals surface area contributed by atoms with Gasteiger partial charge in [-0.15, -0.1) is 0 Å². The molecular weight excluding hydrogens is 450 g/mol. The van der Waals surface area contributed by atoms with Crippen LogP contribution < -0.4 is 10.0 Å². The first-order chi connectivity index (χ1) is 16.1. The van der Waals surface area contributed by atoms with Gasteiger partial charge in [-0.3, -0.25) is 9.52 Å². The van der Waals surface area contributed by atoms with E-state index in [9.17, 15) is 13.2 Å². The fraction of sp³-hybridized carbons (Fsp3) is 0.240. The third-order valence-electron chi connectivity index (χ3n) is 5.71. The summed E-state index contributed by atoms with van der Waals surface area (Å²) in [5.74, 6) is -0.170. The Balaban J connectivity index is 1.46. The van der Waals surface area contributed by atoms with Crippen molar-refractivity contribution >= 4 is 33.0 Å². The molecule has 2 heterocycles. The van der Waals surface area contributed by atoms with Gasteiger partial charge in [-0.1, -0.05) is 24.3 Å². The van der Waals surface area contributed by atoms with Crippen LogP contribution in [0.25, 0.3) is 5.65 Å². The number of nitrogens with one attached hydrogen (secondary N) is 2. The molecule has 34 heavy (non-hydrogen) atoms. The minimum atomic E-state index is -3.73. The van der Waals surface area contributed by atoms with Crippen LogP contribution in [0.5, 0.6) is 0 Å². The molecule has 2 N–H and O–H groups in total. The van der Waals surface area contributed by atoms with E-state index >= 15 is 0 Å². The number of nitrogens with zero attached hydrogens (tertiary/aromatic N) is 3. The van der Waals surface area contributed by atoms with Crippen LogP contribution in [0.15, 0.2) is 59.5 Å². The number of amides is 1. The van der Waals surface area contributed by atoms with E-state index in [-0.39, 0.29) is 17.2 Å². The molecule has 0 bridgehead atoms. The molecule has 9 heteroatoms. The van der Waals surface area contributed by atoms with Crippen LogP contribution in [0.4, 0.5) is 11.4 Å². The lowest BCUT2D eigenvalue weighted by atomic mass is 10.1. The molecule has 4 rings (SSSR count). The number of aromatic nitrogens is 3. The zero-order chi connectivity index (χ0) is 24.5. The first-order valence-electron chi connectivity index (χ1n) is 10.9. The number of aryl methyl sites for hydroxylation is 4. The minimum Gasteiger partial charge on any atom is -0.326 e. The Bertz CT molecular complexity index is 1480. The fourth-order valence-electron chi connectivity index (χ4n) is 3.88. The van der Waals surface area contributed by atoms with Gasteiger partial charge in [-0.25, -0.2) is 17.9 Å². The number of sulfonamides is 1. The maximum Gasteiger partial charge on any atom is 0.261 e. The van der Waals surface area contributed by atoms with Gasteiger partial charge in [-0.2, -0.15) is 5.10 Å². The van der Waals surface area contributed by atoms with Crippen LogP contribution in [-0.4, -0.2) is 28.9 Å². The van der Waals surface area contributed by atoms with Gasteiger partial charge >= 0.3 is 0 Å². The molecule has 8 nitrogen and oxygen atoms in total. The molecule has 0 radical (unpaired) electrons. The number of anilines is 2. The molecule has 0 saturated carbocycles. The highest BCUT2D eigenvalue weighted by Crippen LogP contribution is 2.24. The number of hydrogen-bond donors (Lipinski definition) is 2. The number of fused-ring (bicyclic) bond motifs is 1. The molecule has 0 aliphatic rings. The van der Waals surface area contributed by atoms with Crippen LogP contribution in [0.2, 0.25) is 0 Å². The second-order valence-electron chi connectivity index (χ2n) is 8.31. The van der Waals surface area contributed by atoms with E-state index < -0.39 is 10.0 Å². The highest BCUT2D eigenvalue weighted by atomic mass is 32.2. The molecule has 0 fully saturated rings. The summed E-state index contributed by atoms with van der Waals surface area (Å²) in [5.41, 5.74) is 6.21. The summed E-state index contributed by atoms with van der Waals surface area (Å²) in [5, 5.41) is 7.34. The van der Waals surface area contributed by atoms with Gasteiger partial charge in [0.15, 0.2) is 5.65 Å². The van der Waals surface area contributed by atoms with Crippen molar-refractivity contribution in [2.24, 2.45) is 0 Å². The van der Waals surface area contributed by atoms with E-state index in [0.29, 0.717) is 17.8 Å². The minimum absolute atomic E-state index is 0.170. The van der Waals surface area contributed by atoms with Crippen molar-refractivity contribution in [1.29, 1.82) is 0 Å². The highest BCUT2D eigenvalue weighted by molar-refractivity contribution is 7.92. The first-order valence-corrected chi connectivity index (χ1v) is 12.4. The maximum atomic E-state index is 12.7. The lowest BCUT2D eigenvalue weighted by Crippen LogP contribution is -2.16. The molecule has 2 aromatic heterocycles. The lowest BCUT2D eigenvalue weighted by molar-refractivity contribution is -0.116. The smallest absolute Gasteiger partial charge is 0.261 e. The first kappa shape index (κ1) is 23.4. The SMILES string of the molecule is Cc1cc2nc(C)c(CCC(=O)Nc3ccc(C)c(NS(=O)(=O)c4ccccc4)c3)c(C)n2n1. The van der Waals surface area contributed by atoms with E-state index in [0.717, 1.165) is 33.9 Å². The number of carbonyl (C=O) groups excluding carboxylic acids is 1. The van der Waals surface area contributed by atoms with Crippen LogP contribution >= 0.6 is 0 Å². The van der Waals surface area contributed by atoms with Crippen molar-refractivity contribution in [3.63, 3.8) is 0 Å². The molecule has 4 aromatic rings. The van der Waals surface area contributed by atoms with Crippen molar-refractivity contribution in [1.82, 2.24) is 14.6 Å². The highest BCUT2D eigenvalue weighted by Gasteiger charge is 2.16. The summed E-state index contributed by atoms with van der Waals surface area (Å²) in [7, 11) is -3.73. The number of benzene rings is 2. The Morgan fingerprint density at radius 2 is 1.74 bits per heavy atom. The predicted molar refractivity (Wildman–Crippen MR) is 133 cm³/mol. The Morgan fingerprint density at radius 3 is 2.47 bits per heavy atom. The molecule has 0 unspecified atom stereocenters. The number of carbonyl (C=O) groups is 1. The third-order valence-corrected chi connectivity index (χ3v) is 7.09. The fourth-order valence-corrected chi connectivity index (χ4v) is 5.02. The van der Waals surface area contributed by atoms with Crippen molar-refractivity contribution in [3.05, 3.63) is 82.8 Å². The average molecular weight is 478 g/mol. The van der Waals surface area contributed by atoms with Crippen molar-refractivity contribution < 1.29 is 13.2 Å². The van der Waals surface area contributed by atoms with Gasteiger partial charge in [0, 0.05) is 29.6 Å². The Morgan fingerprint density at radius 1 is 1.00 bits per heavy atom. The zero-order valence-corrected chi connectivity index (χ0v) is 20.4. The Hall–Kier alpha value is -3.72.